The molecule has 1 aliphatic carbocycles. The predicted octanol–water partition coefficient (Wildman–Crippen LogP) is 3.57. The number of nitrogens with one attached hydrogen (secondary N) is 2. The lowest BCUT2D eigenvalue weighted by Crippen LogP contribution is -2.49. The average Bonchev–Trinajstić information content (AvgIpc) is 3.21. The van der Waals surface area contributed by atoms with E-state index in [4.69, 9.17) is 28.3 Å². The Hall–Kier alpha value is -2.32. The van der Waals surface area contributed by atoms with Crippen molar-refractivity contribution < 1.29 is 28.9 Å². The summed E-state index contributed by atoms with van der Waals surface area (Å²) in [6.07, 6.45) is 1.53. The molecule has 2 aromatic rings. The highest BCUT2D eigenvalue weighted by Crippen LogP contribution is 2.55. The molecule has 5 N–H and O–H groups in total. The van der Waals surface area contributed by atoms with E-state index in [1.165, 1.54) is 30.3 Å². The lowest BCUT2D eigenvalue weighted by Gasteiger charge is -2.45. The van der Waals surface area contributed by atoms with Crippen LogP contribution in [0.1, 0.15) is 49.1 Å². The molecule has 39 heavy (non-hydrogen) atoms. The second-order valence-corrected chi connectivity index (χ2v) is 11.4. The second kappa shape index (κ2) is 12.0. The second-order valence-electron chi connectivity index (χ2n) is 10.6. The minimum absolute atomic E-state index is 0.00356. The fourth-order valence-corrected chi connectivity index (χ4v) is 6.38. The largest absolute Gasteiger partial charge is 0.396 e. The number of rotatable bonds is 10. The van der Waals surface area contributed by atoms with E-state index in [1.807, 2.05) is 0 Å². The number of carbonyl (C=O) groups is 1. The van der Waals surface area contributed by atoms with Crippen molar-refractivity contribution in [3.63, 3.8) is 0 Å². The van der Waals surface area contributed by atoms with Gasteiger partial charge in [0.2, 0.25) is 5.91 Å². The molecule has 4 rings (SSSR count). The van der Waals surface area contributed by atoms with Crippen LogP contribution in [-0.4, -0.2) is 59.2 Å². The molecular formula is C28H31Cl2F2N3O4. The Morgan fingerprint density at radius 2 is 1.97 bits per heavy atom. The third-order valence-corrected chi connectivity index (χ3v) is 8.82. The van der Waals surface area contributed by atoms with Crippen LogP contribution in [0, 0.1) is 28.4 Å². The molecule has 2 aromatic carbocycles. The van der Waals surface area contributed by atoms with Gasteiger partial charge in [-0.25, -0.2) is 8.78 Å². The maximum atomic E-state index is 15.7. The minimum atomic E-state index is -1.79. The number of carbonyl (C=O) groups excluding carboxylic acids is 1. The van der Waals surface area contributed by atoms with Crippen LogP contribution in [0.25, 0.3) is 0 Å². The summed E-state index contributed by atoms with van der Waals surface area (Å²) >= 11 is 12.2. The van der Waals surface area contributed by atoms with E-state index in [-0.39, 0.29) is 47.2 Å². The number of aliphatic hydroxyl groups is 3. The first-order valence-electron chi connectivity index (χ1n) is 12.9. The number of nitriles is 1. The molecule has 1 amide bonds. The van der Waals surface area contributed by atoms with Crippen molar-refractivity contribution in [3.05, 3.63) is 69.2 Å². The van der Waals surface area contributed by atoms with Gasteiger partial charge in [0.15, 0.2) is 0 Å². The first-order valence-corrected chi connectivity index (χ1v) is 13.6. The van der Waals surface area contributed by atoms with E-state index < -0.39 is 59.1 Å². The van der Waals surface area contributed by atoms with Crippen LogP contribution in [0.4, 0.5) is 8.78 Å². The summed E-state index contributed by atoms with van der Waals surface area (Å²) in [5, 5.41) is 45.7. The Morgan fingerprint density at radius 1 is 1.23 bits per heavy atom. The van der Waals surface area contributed by atoms with Gasteiger partial charge in [-0.3, -0.25) is 4.79 Å². The molecule has 1 aliphatic heterocycles. The first kappa shape index (κ1) is 29.7. The van der Waals surface area contributed by atoms with Gasteiger partial charge in [0, 0.05) is 35.7 Å². The van der Waals surface area contributed by atoms with Gasteiger partial charge in [-0.2, -0.15) is 5.26 Å². The van der Waals surface area contributed by atoms with Crippen LogP contribution in [0.2, 0.25) is 10.0 Å². The maximum absolute atomic E-state index is 15.7. The van der Waals surface area contributed by atoms with Crippen LogP contribution in [0.3, 0.4) is 0 Å². The van der Waals surface area contributed by atoms with Crippen molar-refractivity contribution in [2.24, 2.45) is 5.41 Å². The number of aliphatic hydroxyl groups excluding tert-OH is 3. The van der Waals surface area contributed by atoms with Gasteiger partial charge in [0.1, 0.15) is 17.0 Å². The van der Waals surface area contributed by atoms with E-state index >= 15 is 8.78 Å². The number of nitrogens with zero attached hydrogens (tertiary/aromatic N) is 1. The van der Waals surface area contributed by atoms with Crippen molar-refractivity contribution in [3.8, 4) is 6.07 Å². The Kier molecular flexibility index (Phi) is 9.16. The molecule has 7 nitrogen and oxygen atoms in total. The van der Waals surface area contributed by atoms with Crippen LogP contribution < -0.4 is 10.6 Å². The van der Waals surface area contributed by atoms with Gasteiger partial charge < -0.3 is 26.0 Å². The van der Waals surface area contributed by atoms with Crippen molar-refractivity contribution >= 4 is 29.1 Å². The minimum Gasteiger partial charge on any atom is -0.396 e. The molecular weight excluding hydrogens is 551 g/mol. The zero-order valence-electron chi connectivity index (χ0n) is 21.1. The number of benzene rings is 2. The summed E-state index contributed by atoms with van der Waals surface area (Å²) in [5.74, 6) is -3.41. The monoisotopic (exact) mass is 581 g/mol. The first-order chi connectivity index (χ1) is 18.6. The van der Waals surface area contributed by atoms with Crippen LogP contribution >= 0.6 is 23.2 Å². The van der Waals surface area contributed by atoms with Crippen molar-refractivity contribution in [2.45, 2.75) is 61.6 Å². The fraction of sp³-hybridized carbons (Fsp3) is 0.500. The SMILES string of the molecule is N#C[C@]1(c2ccc(Cl)cc2F)[C@H](CC2(CO)CCC2)N[C@@H](C(=O)NCC[C@H](O)CO)[C@@H]1c1cccc(Cl)c1F. The zero-order valence-corrected chi connectivity index (χ0v) is 22.7. The summed E-state index contributed by atoms with van der Waals surface area (Å²) in [4.78, 5) is 13.6. The molecule has 0 aromatic heterocycles. The average molecular weight is 582 g/mol. The van der Waals surface area contributed by atoms with Gasteiger partial charge in [0.05, 0.1) is 29.8 Å². The molecule has 1 saturated carbocycles. The molecule has 0 spiro atoms. The van der Waals surface area contributed by atoms with Crippen LogP contribution in [0.15, 0.2) is 36.4 Å². The maximum Gasteiger partial charge on any atom is 0.237 e. The summed E-state index contributed by atoms with van der Waals surface area (Å²) in [6.45, 7) is -0.627. The fourth-order valence-electron chi connectivity index (χ4n) is 6.04. The molecule has 1 saturated heterocycles. The van der Waals surface area contributed by atoms with Gasteiger partial charge in [-0.1, -0.05) is 47.8 Å². The molecule has 0 radical (unpaired) electrons. The van der Waals surface area contributed by atoms with E-state index in [1.54, 1.807) is 0 Å². The normalized spacial score (nSPS) is 26.5. The van der Waals surface area contributed by atoms with E-state index in [2.05, 4.69) is 16.7 Å². The highest BCUT2D eigenvalue weighted by atomic mass is 35.5. The molecule has 0 bridgehead atoms. The Balaban J connectivity index is 1.89. The lowest BCUT2D eigenvalue weighted by molar-refractivity contribution is -0.123. The van der Waals surface area contributed by atoms with Crippen molar-refractivity contribution in [2.75, 3.05) is 19.8 Å². The van der Waals surface area contributed by atoms with Crippen LogP contribution in [-0.2, 0) is 10.2 Å². The van der Waals surface area contributed by atoms with Gasteiger partial charge in [-0.15, -0.1) is 0 Å². The smallest absolute Gasteiger partial charge is 0.237 e. The summed E-state index contributed by atoms with van der Waals surface area (Å²) in [5.41, 5.74) is -2.40. The van der Waals surface area contributed by atoms with Gasteiger partial charge >= 0.3 is 0 Å². The number of hydrogen-bond donors (Lipinski definition) is 5. The quantitative estimate of drug-likeness (QED) is 0.292. The summed E-state index contributed by atoms with van der Waals surface area (Å²) < 4.78 is 31.3. The Bertz CT molecular complexity index is 1250. The molecule has 0 unspecified atom stereocenters. The molecule has 2 aliphatic rings. The van der Waals surface area contributed by atoms with E-state index in [0.29, 0.717) is 12.8 Å². The zero-order chi connectivity index (χ0) is 28.4. The van der Waals surface area contributed by atoms with Crippen LogP contribution in [0.5, 0.6) is 0 Å². The molecule has 11 heteroatoms. The topological polar surface area (TPSA) is 126 Å². The highest BCUT2D eigenvalue weighted by Gasteiger charge is 2.62. The molecule has 2 fully saturated rings. The highest BCUT2D eigenvalue weighted by molar-refractivity contribution is 6.31. The Labute approximate surface area is 235 Å². The van der Waals surface area contributed by atoms with Gasteiger partial charge in [-0.05, 0) is 54.9 Å². The summed E-state index contributed by atoms with van der Waals surface area (Å²) in [6, 6.07) is 8.40. The number of hydrogen-bond acceptors (Lipinski definition) is 6. The van der Waals surface area contributed by atoms with E-state index in [0.717, 1.165) is 12.5 Å². The summed E-state index contributed by atoms with van der Waals surface area (Å²) in [7, 11) is 0. The number of amides is 1. The standard InChI is InChI=1S/C28H31Cl2F2N3O4/c29-16-5-6-19(21(31)11-16)28(14-33)22(12-27(15-37)8-2-9-27)35-25(26(39)34-10-7-17(38)13-36)23(28)18-3-1-4-20(30)24(18)32/h1,3-6,11,17,22-23,25,35-38H,2,7-10,12-13,15H2,(H,34,39)/t17-,22-,23-,25+,28-/m0/s1. The Morgan fingerprint density at radius 3 is 2.56 bits per heavy atom. The van der Waals surface area contributed by atoms with Gasteiger partial charge in [0.25, 0.3) is 0 Å². The molecule has 5 atom stereocenters. The van der Waals surface area contributed by atoms with Crippen molar-refractivity contribution in [1.82, 2.24) is 10.6 Å². The predicted molar refractivity (Wildman–Crippen MR) is 142 cm³/mol. The third-order valence-electron chi connectivity index (χ3n) is 8.29. The third kappa shape index (κ3) is 5.51. The van der Waals surface area contributed by atoms with Crippen molar-refractivity contribution in [1.29, 1.82) is 5.26 Å². The molecule has 210 valence electrons. The number of halogens is 4. The lowest BCUT2D eigenvalue weighted by atomic mass is 9.58. The molecule has 1 heterocycles. The van der Waals surface area contributed by atoms with E-state index in [9.17, 15) is 20.3 Å².